The molecule has 2 aromatic carbocycles. The fourth-order valence-electron chi connectivity index (χ4n) is 4.02. The van der Waals surface area contributed by atoms with Gasteiger partial charge in [-0.1, -0.05) is 18.2 Å². The van der Waals surface area contributed by atoms with E-state index in [1.807, 2.05) is 20.8 Å². The van der Waals surface area contributed by atoms with Crippen LogP contribution < -0.4 is 5.32 Å². The highest BCUT2D eigenvalue weighted by Crippen LogP contribution is 2.32. The van der Waals surface area contributed by atoms with Crippen molar-refractivity contribution in [3.8, 4) is 0 Å². The molecule has 0 fully saturated rings. The summed E-state index contributed by atoms with van der Waals surface area (Å²) >= 11 is 0. The molecule has 0 saturated heterocycles. The Balaban J connectivity index is 1.35. The Morgan fingerprint density at radius 3 is 1.58 bits per heavy atom. The third-order valence-electron chi connectivity index (χ3n) is 6.58. The Morgan fingerprint density at radius 2 is 1.10 bits per heavy atom. The number of rotatable bonds is 27. The van der Waals surface area contributed by atoms with Crippen molar-refractivity contribution in [2.24, 2.45) is 0 Å². The van der Waals surface area contributed by atoms with E-state index >= 15 is 0 Å². The molecule has 0 radical (unpaired) electrons. The first kappa shape index (κ1) is 44.7. The molecular formula is C36H53F3N2O11. The minimum atomic E-state index is -4.48. The highest BCUT2D eigenvalue weighted by atomic mass is 19.4. The fraction of sp³-hybridized carbons (Fsp3) is 0.611. The molecule has 0 aliphatic heterocycles. The van der Waals surface area contributed by atoms with Crippen LogP contribution in [0, 0.1) is 0 Å². The number of nitrogens with one attached hydrogen (secondary N) is 1. The number of amides is 1. The maximum Gasteiger partial charge on any atom is 0.416 e. The molecule has 0 spiro atoms. The van der Waals surface area contributed by atoms with Gasteiger partial charge in [0.2, 0.25) is 0 Å². The van der Waals surface area contributed by atoms with Gasteiger partial charge in [-0.05, 0) is 51.1 Å². The van der Waals surface area contributed by atoms with Crippen molar-refractivity contribution in [2.75, 3.05) is 118 Å². The number of carbonyl (C=O) groups is 2. The van der Waals surface area contributed by atoms with Gasteiger partial charge in [-0.3, -0.25) is 0 Å². The molecule has 2 rings (SSSR count). The van der Waals surface area contributed by atoms with Crippen LogP contribution in [-0.4, -0.2) is 135 Å². The minimum Gasteiger partial charge on any atom is -0.460 e. The number of alkyl halides is 3. The summed E-state index contributed by atoms with van der Waals surface area (Å²) in [5.74, 6) is -0.633. The van der Waals surface area contributed by atoms with Crippen LogP contribution in [0.2, 0.25) is 0 Å². The number of nitrogens with zero attached hydrogens (tertiary/aromatic N) is 1. The zero-order valence-electron chi connectivity index (χ0n) is 30.5. The lowest BCUT2D eigenvalue weighted by molar-refractivity contribution is -0.137. The molecule has 13 nitrogen and oxygen atoms in total. The van der Waals surface area contributed by atoms with E-state index in [4.69, 9.17) is 42.6 Å². The average Bonchev–Trinajstić information content (AvgIpc) is 3.09. The first-order chi connectivity index (χ1) is 24.9. The van der Waals surface area contributed by atoms with Gasteiger partial charge < -0.3 is 52.8 Å². The molecule has 16 heteroatoms. The van der Waals surface area contributed by atoms with Crippen molar-refractivity contribution in [1.82, 2.24) is 4.90 Å². The molecule has 52 heavy (non-hydrogen) atoms. The topological polar surface area (TPSA) is 132 Å². The third-order valence-corrected chi connectivity index (χ3v) is 6.58. The molecule has 0 atom stereocenters. The number of ether oxygens (including phenoxy) is 9. The first-order valence-electron chi connectivity index (χ1n) is 17.1. The Labute approximate surface area is 303 Å². The summed E-state index contributed by atoms with van der Waals surface area (Å²) in [5, 5.41) is 2.85. The zero-order valence-corrected chi connectivity index (χ0v) is 30.5. The van der Waals surface area contributed by atoms with Gasteiger partial charge in [0.1, 0.15) is 12.2 Å². The van der Waals surface area contributed by atoms with Gasteiger partial charge in [-0.15, -0.1) is 0 Å². The van der Waals surface area contributed by atoms with Crippen LogP contribution in [-0.2, 0) is 48.8 Å². The molecule has 0 bridgehead atoms. The molecule has 0 unspecified atom stereocenters. The molecule has 0 aromatic heterocycles. The van der Waals surface area contributed by atoms with Crippen molar-refractivity contribution in [3.05, 3.63) is 59.7 Å². The summed E-state index contributed by atoms with van der Waals surface area (Å²) in [6.45, 7) is 11.3. The smallest absolute Gasteiger partial charge is 0.416 e. The summed E-state index contributed by atoms with van der Waals surface area (Å²) in [6.07, 6.45) is -4.86. The lowest BCUT2D eigenvalue weighted by atomic mass is 10.1. The van der Waals surface area contributed by atoms with Crippen LogP contribution in [0.1, 0.15) is 36.7 Å². The second kappa shape index (κ2) is 25.5. The van der Waals surface area contributed by atoms with Crippen LogP contribution >= 0.6 is 0 Å². The van der Waals surface area contributed by atoms with E-state index in [1.54, 1.807) is 25.2 Å². The lowest BCUT2D eigenvalue weighted by Crippen LogP contribution is -2.36. The summed E-state index contributed by atoms with van der Waals surface area (Å²) in [7, 11) is 1.66. The fourth-order valence-corrected chi connectivity index (χ4v) is 4.02. The van der Waals surface area contributed by atoms with Gasteiger partial charge in [-0.2, -0.15) is 13.2 Å². The number of halogens is 3. The minimum absolute atomic E-state index is 0.00658. The van der Waals surface area contributed by atoms with E-state index in [2.05, 4.69) is 5.32 Å². The highest BCUT2D eigenvalue weighted by molar-refractivity contribution is 5.96. The summed E-state index contributed by atoms with van der Waals surface area (Å²) in [4.78, 5) is 25.9. The van der Waals surface area contributed by atoms with Gasteiger partial charge in [-0.25, -0.2) is 9.59 Å². The summed E-state index contributed by atoms with van der Waals surface area (Å²) in [5.41, 5.74) is -0.634. The van der Waals surface area contributed by atoms with Gasteiger partial charge in [0.15, 0.2) is 0 Å². The zero-order chi connectivity index (χ0) is 38.1. The Kier molecular flexibility index (Phi) is 21.9. The van der Waals surface area contributed by atoms with Crippen LogP contribution in [0.25, 0.3) is 0 Å². The van der Waals surface area contributed by atoms with Crippen LogP contribution in [0.4, 0.5) is 29.3 Å². The normalized spacial score (nSPS) is 11.8. The van der Waals surface area contributed by atoms with Crippen LogP contribution in [0.15, 0.2) is 48.5 Å². The number of benzene rings is 2. The number of para-hydroxylation sites is 1. The number of anilines is 2. The van der Waals surface area contributed by atoms with E-state index in [0.29, 0.717) is 98.1 Å². The largest absolute Gasteiger partial charge is 0.460 e. The average molecular weight is 747 g/mol. The van der Waals surface area contributed by atoms with Gasteiger partial charge in [0.05, 0.1) is 109 Å². The van der Waals surface area contributed by atoms with Crippen molar-refractivity contribution in [3.63, 3.8) is 0 Å². The summed E-state index contributed by atoms with van der Waals surface area (Å²) < 4.78 is 87.8. The SMILES string of the molecule is CN(CCOCCOCCOCCOCCOCCOCCOCCOC(=O)c1ccccc1Nc1cccc(C(F)(F)F)c1)C(=O)OC(C)(C)C. The van der Waals surface area contributed by atoms with Crippen molar-refractivity contribution >= 4 is 23.4 Å². The predicted molar refractivity (Wildman–Crippen MR) is 186 cm³/mol. The quantitative estimate of drug-likeness (QED) is 0.0904. The van der Waals surface area contributed by atoms with E-state index in [-0.39, 0.29) is 30.6 Å². The molecule has 0 aliphatic rings. The third kappa shape index (κ3) is 21.1. The molecule has 0 saturated carbocycles. The molecule has 294 valence electrons. The lowest BCUT2D eigenvalue weighted by Gasteiger charge is -2.24. The molecule has 1 amide bonds. The maximum atomic E-state index is 13.0. The molecule has 1 N–H and O–H groups in total. The molecule has 2 aromatic rings. The van der Waals surface area contributed by atoms with E-state index in [0.717, 1.165) is 12.1 Å². The second-order valence-corrected chi connectivity index (χ2v) is 12.1. The van der Waals surface area contributed by atoms with Crippen LogP contribution in [0.5, 0.6) is 0 Å². The monoisotopic (exact) mass is 746 g/mol. The van der Waals surface area contributed by atoms with Crippen LogP contribution in [0.3, 0.4) is 0 Å². The van der Waals surface area contributed by atoms with Crippen molar-refractivity contribution in [2.45, 2.75) is 32.5 Å². The van der Waals surface area contributed by atoms with Gasteiger partial charge >= 0.3 is 18.2 Å². The Hall–Kier alpha value is -3.51. The molecule has 0 aliphatic carbocycles. The number of carbonyl (C=O) groups excluding carboxylic acids is 2. The highest BCUT2D eigenvalue weighted by Gasteiger charge is 2.30. The number of hydrogen-bond donors (Lipinski definition) is 1. The van der Waals surface area contributed by atoms with E-state index in [9.17, 15) is 22.8 Å². The summed E-state index contributed by atoms with van der Waals surface area (Å²) in [6, 6.07) is 11.1. The number of likely N-dealkylation sites (N-methyl/N-ethyl adjacent to an activating group) is 1. The van der Waals surface area contributed by atoms with Gasteiger partial charge in [0.25, 0.3) is 0 Å². The Bertz CT molecular complexity index is 1280. The van der Waals surface area contributed by atoms with Gasteiger partial charge in [0, 0.05) is 19.3 Å². The predicted octanol–water partition coefficient (Wildman–Crippen LogP) is 5.59. The van der Waals surface area contributed by atoms with Crippen molar-refractivity contribution in [1.29, 1.82) is 0 Å². The van der Waals surface area contributed by atoms with E-state index < -0.39 is 23.3 Å². The number of esters is 1. The number of hydrogen-bond acceptors (Lipinski definition) is 12. The van der Waals surface area contributed by atoms with Crippen molar-refractivity contribution < 1.29 is 65.4 Å². The standard InChI is InChI=1S/C36H53F3N2O11/c1-35(2,3)52-34(43)41(4)12-13-44-14-15-45-16-17-46-18-19-47-20-21-48-22-23-49-24-25-50-26-27-51-33(42)31-10-5-6-11-32(31)40-30-9-7-8-29(28-30)36(37,38)39/h5-11,28,40H,12-27H2,1-4H3. The van der Waals surface area contributed by atoms with E-state index in [1.165, 1.54) is 23.1 Å². The maximum absolute atomic E-state index is 13.0. The molecule has 0 heterocycles. The second-order valence-electron chi connectivity index (χ2n) is 12.1. The Morgan fingerprint density at radius 1 is 0.635 bits per heavy atom. The first-order valence-corrected chi connectivity index (χ1v) is 17.1. The molecular weight excluding hydrogens is 693 g/mol.